The van der Waals surface area contributed by atoms with Crippen LogP contribution in [0.15, 0.2) is 194 Å². The molecular formula is C54H32O. The van der Waals surface area contributed by atoms with Gasteiger partial charge in [-0.15, -0.1) is 0 Å². The van der Waals surface area contributed by atoms with Crippen molar-refractivity contribution in [1.82, 2.24) is 0 Å². The smallest absolute Gasteiger partial charge is 0.132 e. The molecule has 1 heterocycles. The molecule has 1 atom stereocenters. The lowest BCUT2D eigenvalue weighted by molar-refractivity contribution is 0.437. The molecule has 1 nitrogen and oxygen atoms in total. The molecule has 0 aromatic heterocycles. The van der Waals surface area contributed by atoms with Gasteiger partial charge < -0.3 is 4.74 Å². The van der Waals surface area contributed by atoms with Crippen molar-refractivity contribution in [2.45, 2.75) is 10.8 Å². The topological polar surface area (TPSA) is 9.23 Å². The summed E-state index contributed by atoms with van der Waals surface area (Å²) in [5.74, 6) is 1.82. The lowest BCUT2D eigenvalue weighted by Gasteiger charge is -2.41. The van der Waals surface area contributed by atoms with E-state index in [1.54, 1.807) is 0 Å². The zero-order valence-corrected chi connectivity index (χ0v) is 29.9. The first kappa shape index (κ1) is 29.5. The van der Waals surface area contributed by atoms with Crippen molar-refractivity contribution in [2.75, 3.05) is 0 Å². The van der Waals surface area contributed by atoms with Gasteiger partial charge in [0.2, 0.25) is 0 Å². The average Bonchev–Trinajstić information content (AvgIpc) is 3.84. The Balaban J connectivity index is 1.18. The molecule has 0 bridgehead atoms. The van der Waals surface area contributed by atoms with E-state index >= 15 is 0 Å². The Morgan fingerprint density at radius 3 is 1.45 bits per heavy atom. The highest BCUT2D eigenvalue weighted by Crippen LogP contribution is 2.67. The molecule has 13 rings (SSSR count). The zero-order valence-electron chi connectivity index (χ0n) is 29.9. The molecular weight excluding hydrogens is 665 g/mol. The molecule has 0 saturated carbocycles. The van der Waals surface area contributed by atoms with E-state index in [9.17, 15) is 0 Å². The Bertz CT molecular complexity index is 3100. The molecule has 1 unspecified atom stereocenters. The van der Waals surface area contributed by atoms with Crippen molar-refractivity contribution in [3.05, 3.63) is 239 Å². The third kappa shape index (κ3) is 3.38. The van der Waals surface area contributed by atoms with E-state index in [4.69, 9.17) is 4.74 Å². The predicted octanol–water partition coefficient (Wildman–Crippen LogP) is 13.3. The number of hydrogen-bond acceptors (Lipinski definition) is 1. The van der Waals surface area contributed by atoms with Crippen LogP contribution in [0, 0.1) is 0 Å². The van der Waals surface area contributed by atoms with E-state index in [-0.39, 0.29) is 0 Å². The molecule has 0 N–H and O–H groups in total. The fraction of sp³-hybridized carbons (Fsp3) is 0.0370. The van der Waals surface area contributed by atoms with Gasteiger partial charge in [-0.05, 0) is 101 Å². The monoisotopic (exact) mass is 696 g/mol. The molecule has 0 radical (unpaired) electrons. The van der Waals surface area contributed by atoms with Crippen LogP contribution in [0.25, 0.3) is 55.3 Å². The van der Waals surface area contributed by atoms with Gasteiger partial charge in [-0.1, -0.05) is 182 Å². The first-order valence-corrected chi connectivity index (χ1v) is 19.3. The Hall–Kier alpha value is -6.96. The number of ether oxygens (including phenoxy) is 1. The van der Waals surface area contributed by atoms with Crippen LogP contribution in [0.4, 0.5) is 0 Å². The van der Waals surface area contributed by atoms with Gasteiger partial charge in [0.15, 0.2) is 0 Å². The van der Waals surface area contributed by atoms with Crippen LogP contribution in [0.3, 0.4) is 0 Å². The van der Waals surface area contributed by atoms with Gasteiger partial charge in [0, 0.05) is 11.1 Å². The van der Waals surface area contributed by atoms with Gasteiger partial charge in [-0.3, -0.25) is 0 Å². The van der Waals surface area contributed by atoms with Crippen molar-refractivity contribution in [3.63, 3.8) is 0 Å². The van der Waals surface area contributed by atoms with E-state index in [1.807, 2.05) is 0 Å². The molecule has 55 heavy (non-hydrogen) atoms. The van der Waals surface area contributed by atoms with E-state index in [0.717, 1.165) is 11.5 Å². The van der Waals surface area contributed by atoms with Gasteiger partial charge in [-0.2, -0.15) is 0 Å². The maximum atomic E-state index is 6.98. The fourth-order valence-electron chi connectivity index (χ4n) is 11.3. The summed E-state index contributed by atoms with van der Waals surface area (Å²) in [5, 5.41) is 2.58. The number of para-hydroxylation sites is 1. The minimum Gasteiger partial charge on any atom is -0.457 e. The van der Waals surface area contributed by atoms with Gasteiger partial charge >= 0.3 is 0 Å². The van der Waals surface area contributed by atoms with Crippen LogP contribution < -0.4 is 4.74 Å². The molecule has 4 aliphatic rings. The second-order valence-corrected chi connectivity index (χ2v) is 15.4. The largest absolute Gasteiger partial charge is 0.457 e. The minimum absolute atomic E-state index is 0.475. The van der Waals surface area contributed by atoms with E-state index in [2.05, 4.69) is 194 Å². The van der Waals surface area contributed by atoms with Crippen molar-refractivity contribution >= 4 is 10.8 Å². The molecule has 9 aromatic carbocycles. The molecule has 0 amide bonds. The number of fused-ring (bicyclic) bond motifs is 21. The molecule has 2 spiro atoms. The summed E-state index contributed by atoms with van der Waals surface area (Å²) in [5.41, 5.74) is 19.6. The molecule has 0 fully saturated rings. The maximum Gasteiger partial charge on any atom is 0.132 e. The highest BCUT2D eigenvalue weighted by molar-refractivity contribution is 6.06. The lowest BCUT2D eigenvalue weighted by atomic mass is 9.64. The summed E-state index contributed by atoms with van der Waals surface area (Å²) in [7, 11) is 0. The Morgan fingerprint density at radius 2 is 0.727 bits per heavy atom. The SMILES string of the molecule is c1ccc2c(c1)Oc1cccc(-c3cccc4c3-c3ccccc3C43c4ccccc4-c4ccc5ccccc5c43)c1C21c2ccccc2-c2ccccc21. The zero-order chi connectivity index (χ0) is 35.9. The highest BCUT2D eigenvalue weighted by Gasteiger charge is 2.55. The van der Waals surface area contributed by atoms with Gasteiger partial charge in [0.1, 0.15) is 11.5 Å². The minimum atomic E-state index is -0.574. The lowest BCUT2D eigenvalue weighted by Crippen LogP contribution is -2.33. The Kier molecular flexibility index (Phi) is 5.56. The molecule has 3 aliphatic carbocycles. The number of hydrogen-bond donors (Lipinski definition) is 0. The van der Waals surface area contributed by atoms with Crippen LogP contribution in [0.1, 0.15) is 44.5 Å². The molecule has 9 aromatic rings. The normalized spacial score (nSPS) is 16.7. The fourth-order valence-corrected chi connectivity index (χ4v) is 11.3. The van der Waals surface area contributed by atoms with Crippen molar-refractivity contribution in [1.29, 1.82) is 0 Å². The summed E-state index contributed by atoms with van der Waals surface area (Å²) >= 11 is 0. The van der Waals surface area contributed by atoms with Crippen LogP contribution in [0.2, 0.25) is 0 Å². The third-order valence-electron chi connectivity index (χ3n) is 13.1. The van der Waals surface area contributed by atoms with E-state index in [1.165, 1.54) is 99.8 Å². The van der Waals surface area contributed by atoms with Crippen LogP contribution in [0.5, 0.6) is 11.5 Å². The second kappa shape index (κ2) is 10.4. The van der Waals surface area contributed by atoms with Gasteiger partial charge in [0.05, 0.1) is 10.8 Å². The summed E-state index contributed by atoms with van der Waals surface area (Å²) in [6.45, 7) is 0. The highest BCUT2D eigenvalue weighted by atomic mass is 16.5. The Labute approximate surface area is 319 Å². The summed E-state index contributed by atoms with van der Waals surface area (Å²) in [6, 6.07) is 72.4. The average molecular weight is 697 g/mol. The van der Waals surface area contributed by atoms with Crippen molar-refractivity contribution in [3.8, 4) is 56.0 Å². The predicted molar refractivity (Wildman–Crippen MR) is 223 cm³/mol. The van der Waals surface area contributed by atoms with E-state index < -0.39 is 10.8 Å². The third-order valence-corrected chi connectivity index (χ3v) is 13.1. The first-order chi connectivity index (χ1) is 27.3. The van der Waals surface area contributed by atoms with Crippen LogP contribution in [-0.2, 0) is 10.8 Å². The number of rotatable bonds is 1. The quantitative estimate of drug-likeness (QED) is 0.166. The summed E-state index contributed by atoms with van der Waals surface area (Å²) < 4.78 is 6.98. The molecule has 1 heteroatoms. The molecule has 254 valence electrons. The van der Waals surface area contributed by atoms with Crippen molar-refractivity contribution < 1.29 is 4.74 Å². The maximum absolute atomic E-state index is 6.98. The first-order valence-electron chi connectivity index (χ1n) is 19.3. The van der Waals surface area contributed by atoms with Crippen LogP contribution in [-0.4, -0.2) is 0 Å². The van der Waals surface area contributed by atoms with Gasteiger partial charge in [0.25, 0.3) is 0 Å². The Morgan fingerprint density at radius 1 is 0.273 bits per heavy atom. The summed E-state index contributed by atoms with van der Waals surface area (Å²) in [4.78, 5) is 0. The second-order valence-electron chi connectivity index (χ2n) is 15.4. The summed E-state index contributed by atoms with van der Waals surface area (Å²) in [6.07, 6.45) is 0. The van der Waals surface area contributed by atoms with Gasteiger partial charge in [-0.25, -0.2) is 0 Å². The van der Waals surface area contributed by atoms with Crippen molar-refractivity contribution in [2.24, 2.45) is 0 Å². The van der Waals surface area contributed by atoms with Crippen LogP contribution >= 0.6 is 0 Å². The molecule has 1 aliphatic heterocycles. The van der Waals surface area contributed by atoms with E-state index in [0.29, 0.717) is 0 Å². The number of benzene rings is 9. The molecule has 0 saturated heterocycles. The standard InChI is InChI=1S/C54H32O/c1-2-16-34-33(15-1)31-32-40-37-19-5-9-25-44(37)54(51(34)40)45-26-10-6-20-41(45)50-38(21-13-28-47(50)54)39-22-14-30-49-52(39)53(46-27-11-12-29-48(46)55-49)42-23-7-3-17-35(42)36-18-4-8-24-43(36)53/h1-32H.